The minimum Gasteiger partial charge on any atom is -0.508 e. The molecule has 2 amide bonds. The summed E-state index contributed by atoms with van der Waals surface area (Å²) in [4.78, 5) is 27.3. The van der Waals surface area contributed by atoms with E-state index in [1.807, 2.05) is 0 Å². The number of nitrogens with zero attached hydrogens (tertiary/aromatic N) is 2. The predicted octanol–water partition coefficient (Wildman–Crippen LogP) is 0.871. The van der Waals surface area contributed by atoms with Gasteiger partial charge in [-0.15, -0.1) is 0 Å². The Bertz CT molecular complexity index is 655. The van der Waals surface area contributed by atoms with Crippen LogP contribution in [0.3, 0.4) is 0 Å². The molecular formula is C18H24N2O5. The van der Waals surface area contributed by atoms with Gasteiger partial charge in [0.25, 0.3) is 5.91 Å². The minimum atomic E-state index is -0.378. The van der Waals surface area contributed by atoms with Gasteiger partial charge in [-0.25, -0.2) is 0 Å². The molecule has 136 valence electrons. The third kappa shape index (κ3) is 3.93. The standard InChI is InChI=1S/C18H24N2O5/c1-19(2)16(22)10-24-15-6-7-25-18(9-15)11-20(12-18)17(23)13-4-3-5-14(21)8-13/h3-5,8,15,21H,6-7,9-12H2,1-2H3/t15-/m1/s1. The first-order chi connectivity index (χ1) is 11.9. The molecule has 1 N–H and O–H groups in total. The van der Waals surface area contributed by atoms with E-state index in [0.29, 0.717) is 31.7 Å². The Morgan fingerprint density at radius 3 is 2.84 bits per heavy atom. The van der Waals surface area contributed by atoms with Gasteiger partial charge < -0.3 is 24.4 Å². The molecule has 0 unspecified atom stereocenters. The molecule has 7 heteroatoms. The number of benzene rings is 1. The van der Waals surface area contributed by atoms with Crippen LogP contribution < -0.4 is 0 Å². The highest BCUT2D eigenvalue weighted by molar-refractivity contribution is 5.95. The number of phenols is 1. The van der Waals surface area contributed by atoms with Gasteiger partial charge in [0, 0.05) is 32.7 Å². The van der Waals surface area contributed by atoms with Crippen molar-refractivity contribution in [1.82, 2.24) is 9.80 Å². The number of phenolic OH excluding ortho intramolecular Hbond substituents is 1. The monoisotopic (exact) mass is 348 g/mol. The molecular weight excluding hydrogens is 324 g/mol. The average molecular weight is 348 g/mol. The first-order valence-electron chi connectivity index (χ1n) is 8.43. The van der Waals surface area contributed by atoms with Gasteiger partial charge in [-0.3, -0.25) is 9.59 Å². The zero-order valence-corrected chi connectivity index (χ0v) is 14.6. The molecule has 7 nitrogen and oxygen atoms in total. The normalized spacial score (nSPS) is 21.7. The van der Waals surface area contributed by atoms with E-state index >= 15 is 0 Å². The highest BCUT2D eigenvalue weighted by Crippen LogP contribution is 2.36. The molecule has 1 atom stereocenters. The fourth-order valence-corrected chi connectivity index (χ4v) is 3.28. The number of likely N-dealkylation sites (N-methyl/N-ethyl adjacent to an activating group) is 1. The smallest absolute Gasteiger partial charge is 0.254 e. The highest BCUT2D eigenvalue weighted by atomic mass is 16.5. The molecule has 1 spiro atoms. The predicted molar refractivity (Wildman–Crippen MR) is 90.4 cm³/mol. The maximum Gasteiger partial charge on any atom is 0.254 e. The van der Waals surface area contributed by atoms with Crippen LogP contribution in [-0.4, -0.2) is 78.8 Å². The molecule has 2 saturated heterocycles. The number of carbonyl (C=O) groups is 2. The first-order valence-corrected chi connectivity index (χ1v) is 8.43. The second-order valence-electron chi connectivity index (χ2n) is 6.96. The summed E-state index contributed by atoms with van der Waals surface area (Å²) in [6.07, 6.45) is 1.40. The van der Waals surface area contributed by atoms with Crippen LogP contribution >= 0.6 is 0 Å². The van der Waals surface area contributed by atoms with E-state index in [9.17, 15) is 14.7 Å². The van der Waals surface area contributed by atoms with E-state index in [1.54, 1.807) is 31.1 Å². The lowest BCUT2D eigenvalue weighted by molar-refractivity contribution is -0.188. The van der Waals surface area contributed by atoms with E-state index in [2.05, 4.69) is 0 Å². The molecule has 0 aliphatic carbocycles. The maximum absolute atomic E-state index is 12.5. The number of carbonyl (C=O) groups excluding carboxylic acids is 2. The van der Waals surface area contributed by atoms with Gasteiger partial charge in [-0.1, -0.05) is 6.07 Å². The average Bonchev–Trinajstić information content (AvgIpc) is 2.57. The zero-order valence-electron chi connectivity index (χ0n) is 14.6. The van der Waals surface area contributed by atoms with Gasteiger partial charge in [0.05, 0.1) is 19.2 Å². The van der Waals surface area contributed by atoms with Crippen LogP contribution in [0.2, 0.25) is 0 Å². The largest absolute Gasteiger partial charge is 0.508 e. The van der Waals surface area contributed by atoms with Crippen LogP contribution in [0.4, 0.5) is 0 Å². The zero-order chi connectivity index (χ0) is 18.0. The Labute approximate surface area is 147 Å². The van der Waals surface area contributed by atoms with E-state index < -0.39 is 0 Å². The van der Waals surface area contributed by atoms with Gasteiger partial charge >= 0.3 is 0 Å². The molecule has 2 aliphatic heterocycles. The molecule has 0 bridgehead atoms. The van der Waals surface area contributed by atoms with Crippen molar-refractivity contribution >= 4 is 11.8 Å². The molecule has 3 rings (SSSR count). The van der Waals surface area contributed by atoms with E-state index in [0.717, 1.165) is 6.42 Å². The van der Waals surface area contributed by atoms with Crippen LogP contribution in [0, 0.1) is 0 Å². The summed E-state index contributed by atoms with van der Waals surface area (Å²) >= 11 is 0. The first kappa shape index (κ1) is 17.7. The van der Waals surface area contributed by atoms with Gasteiger partial charge in [-0.2, -0.15) is 0 Å². The molecule has 25 heavy (non-hydrogen) atoms. The van der Waals surface area contributed by atoms with Crippen LogP contribution in [0.5, 0.6) is 5.75 Å². The Morgan fingerprint density at radius 2 is 2.16 bits per heavy atom. The number of rotatable bonds is 4. The minimum absolute atomic E-state index is 0.0318. The van der Waals surface area contributed by atoms with Crippen molar-refractivity contribution in [2.24, 2.45) is 0 Å². The summed E-state index contributed by atoms with van der Waals surface area (Å²) in [7, 11) is 3.40. The number of amides is 2. The van der Waals surface area contributed by atoms with Crippen molar-refractivity contribution in [3.05, 3.63) is 29.8 Å². The summed E-state index contributed by atoms with van der Waals surface area (Å²) in [5, 5.41) is 9.51. The Kier molecular flexibility index (Phi) is 4.96. The molecule has 0 aromatic heterocycles. The maximum atomic E-state index is 12.5. The Balaban J connectivity index is 1.53. The van der Waals surface area contributed by atoms with Gasteiger partial charge in [-0.05, 0) is 24.6 Å². The van der Waals surface area contributed by atoms with Crippen LogP contribution in [-0.2, 0) is 14.3 Å². The Morgan fingerprint density at radius 1 is 1.40 bits per heavy atom. The fraction of sp³-hybridized carbons (Fsp3) is 0.556. The van der Waals surface area contributed by atoms with Gasteiger partial charge in [0.2, 0.25) is 5.91 Å². The lowest BCUT2D eigenvalue weighted by Gasteiger charge is -2.53. The summed E-state index contributed by atoms with van der Waals surface area (Å²) in [5.74, 6) is -0.0974. The van der Waals surface area contributed by atoms with Crippen molar-refractivity contribution < 1.29 is 24.2 Å². The van der Waals surface area contributed by atoms with Gasteiger partial charge in [0.1, 0.15) is 18.0 Å². The molecule has 0 radical (unpaired) electrons. The molecule has 2 fully saturated rings. The third-order valence-corrected chi connectivity index (χ3v) is 4.73. The third-order valence-electron chi connectivity index (χ3n) is 4.73. The summed E-state index contributed by atoms with van der Waals surface area (Å²) in [5.41, 5.74) is 0.0892. The molecule has 1 aromatic rings. The fourth-order valence-electron chi connectivity index (χ4n) is 3.28. The number of hydrogen-bond donors (Lipinski definition) is 1. The topological polar surface area (TPSA) is 79.3 Å². The van der Waals surface area contributed by atoms with Crippen molar-refractivity contribution in [2.45, 2.75) is 24.5 Å². The summed E-state index contributed by atoms with van der Waals surface area (Å²) in [6, 6.07) is 6.35. The SMILES string of the molecule is CN(C)C(=O)CO[C@@H]1CCOC2(C1)CN(C(=O)c1cccc(O)c1)C2. The second-order valence-corrected chi connectivity index (χ2v) is 6.96. The summed E-state index contributed by atoms with van der Waals surface area (Å²) < 4.78 is 11.6. The van der Waals surface area contributed by atoms with Crippen molar-refractivity contribution in [2.75, 3.05) is 40.4 Å². The Hall–Kier alpha value is -2.12. The van der Waals surface area contributed by atoms with Crippen LogP contribution in [0.1, 0.15) is 23.2 Å². The van der Waals surface area contributed by atoms with E-state index in [4.69, 9.17) is 9.47 Å². The molecule has 0 saturated carbocycles. The number of ether oxygens (including phenoxy) is 2. The number of likely N-dealkylation sites (tertiary alicyclic amines) is 1. The number of hydrogen-bond acceptors (Lipinski definition) is 5. The molecule has 2 aliphatic rings. The second kappa shape index (κ2) is 7.01. The lowest BCUT2D eigenvalue weighted by atomic mass is 9.84. The van der Waals surface area contributed by atoms with Crippen LogP contribution in [0.25, 0.3) is 0 Å². The summed E-state index contributed by atoms with van der Waals surface area (Å²) in [6.45, 7) is 1.64. The van der Waals surface area contributed by atoms with Crippen molar-refractivity contribution in [1.29, 1.82) is 0 Å². The van der Waals surface area contributed by atoms with E-state index in [-0.39, 0.29) is 35.9 Å². The highest BCUT2D eigenvalue weighted by Gasteiger charge is 2.49. The van der Waals surface area contributed by atoms with E-state index in [1.165, 1.54) is 17.0 Å². The van der Waals surface area contributed by atoms with Crippen LogP contribution in [0.15, 0.2) is 24.3 Å². The molecule has 2 heterocycles. The molecule has 1 aromatic carbocycles. The van der Waals surface area contributed by atoms with Crippen molar-refractivity contribution in [3.8, 4) is 5.75 Å². The van der Waals surface area contributed by atoms with Crippen molar-refractivity contribution in [3.63, 3.8) is 0 Å². The van der Waals surface area contributed by atoms with Gasteiger partial charge in [0.15, 0.2) is 0 Å². The quantitative estimate of drug-likeness (QED) is 0.873. The lowest BCUT2D eigenvalue weighted by Crippen LogP contribution is -2.67. The number of aromatic hydroxyl groups is 1.